The molecule has 0 fully saturated rings. The molecule has 0 aliphatic rings. The Morgan fingerprint density at radius 2 is 1.88 bits per heavy atom. The van der Waals surface area contributed by atoms with Crippen LogP contribution in [-0.2, 0) is 0 Å². The van der Waals surface area contributed by atoms with Gasteiger partial charge in [0.25, 0.3) is 0 Å². The van der Waals surface area contributed by atoms with Crippen LogP contribution in [0, 0.1) is 0 Å². The van der Waals surface area contributed by atoms with Crippen LogP contribution in [-0.4, -0.2) is 18.1 Å². The normalized spacial score (nSPS) is 14.5. The zero-order valence-electron chi connectivity index (χ0n) is 11.3. The topological polar surface area (TPSA) is 12.0 Å². The molecule has 2 unspecified atom stereocenters. The summed E-state index contributed by atoms with van der Waals surface area (Å²) in [5.41, 5.74) is 1.42. The van der Waals surface area contributed by atoms with Gasteiger partial charge in [-0.25, -0.2) is 0 Å². The number of benzene rings is 1. The van der Waals surface area contributed by atoms with Gasteiger partial charge in [-0.15, -0.1) is 0 Å². The Morgan fingerprint density at radius 3 is 2.47 bits per heavy atom. The first-order valence-corrected chi connectivity index (χ1v) is 7.87. The summed E-state index contributed by atoms with van der Waals surface area (Å²) in [6.07, 6.45) is 5.88. The molecule has 0 heterocycles. The Balaban J connectivity index is 2.44. The molecule has 0 aromatic heterocycles. The molecule has 0 spiro atoms. The van der Waals surface area contributed by atoms with Gasteiger partial charge in [0.05, 0.1) is 0 Å². The molecule has 0 amide bonds. The van der Waals surface area contributed by atoms with Crippen LogP contribution in [0.2, 0.25) is 0 Å². The molecule has 1 aromatic carbocycles. The van der Waals surface area contributed by atoms with Gasteiger partial charge in [0, 0.05) is 11.3 Å². The van der Waals surface area contributed by atoms with Crippen LogP contribution in [0.3, 0.4) is 0 Å². The lowest BCUT2D eigenvalue weighted by Crippen LogP contribution is -2.24. The Labute approximate surface area is 110 Å². The smallest absolute Gasteiger partial charge is 0.0320 e. The first kappa shape index (κ1) is 14.6. The zero-order valence-corrected chi connectivity index (χ0v) is 12.1. The second-order valence-corrected chi connectivity index (χ2v) is 5.82. The highest BCUT2D eigenvalue weighted by molar-refractivity contribution is 7.99. The van der Waals surface area contributed by atoms with E-state index in [9.17, 15) is 0 Å². The maximum Gasteiger partial charge on any atom is 0.0320 e. The van der Waals surface area contributed by atoms with Crippen molar-refractivity contribution in [1.82, 2.24) is 5.32 Å². The van der Waals surface area contributed by atoms with Gasteiger partial charge in [-0.2, -0.15) is 11.8 Å². The molecule has 0 radical (unpaired) electrons. The van der Waals surface area contributed by atoms with Gasteiger partial charge in [0.1, 0.15) is 0 Å². The Kier molecular flexibility index (Phi) is 7.38. The predicted molar refractivity (Wildman–Crippen MR) is 79.7 cm³/mol. The third kappa shape index (κ3) is 5.60. The molecule has 1 N–H and O–H groups in total. The molecule has 1 rings (SSSR count). The monoisotopic (exact) mass is 251 g/mol. The van der Waals surface area contributed by atoms with Gasteiger partial charge in [-0.05, 0) is 31.2 Å². The molecule has 1 nitrogen and oxygen atoms in total. The highest BCUT2D eigenvalue weighted by Gasteiger charge is 2.09. The van der Waals surface area contributed by atoms with Crippen molar-refractivity contribution in [2.24, 2.45) is 0 Å². The number of thioether (sulfide) groups is 1. The summed E-state index contributed by atoms with van der Waals surface area (Å²) in [5.74, 6) is 0. The fourth-order valence-corrected chi connectivity index (χ4v) is 2.29. The summed E-state index contributed by atoms with van der Waals surface area (Å²) in [6, 6.07) is 11.3. The van der Waals surface area contributed by atoms with Crippen molar-refractivity contribution in [2.45, 2.75) is 44.4 Å². The van der Waals surface area contributed by atoms with E-state index in [2.05, 4.69) is 55.8 Å². The highest BCUT2D eigenvalue weighted by atomic mass is 32.2. The lowest BCUT2D eigenvalue weighted by Gasteiger charge is -2.19. The van der Waals surface area contributed by atoms with Crippen molar-refractivity contribution in [3.63, 3.8) is 0 Å². The number of rotatable bonds is 8. The predicted octanol–water partition coefficient (Wildman–Crippen LogP) is 4.26. The molecule has 1 aromatic rings. The zero-order chi connectivity index (χ0) is 12.5. The minimum atomic E-state index is 0.523. The van der Waals surface area contributed by atoms with E-state index in [4.69, 9.17) is 0 Å². The summed E-state index contributed by atoms with van der Waals surface area (Å²) in [7, 11) is 0. The van der Waals surface area contributed by atoms with Crippen molar-refractivity contribution in [3.8, 4) is 0 Å². The molecule has 2 atom stereocenters. The molecule has 96 valence electrons. The van der Waals surface area contributed by atoms with E-state index < -0.39 is 0 Å². The quantitative estimate of drug-likeness (QED) is 0.741. The first-order valence-electron chi connectivity index (χ1n) is 6.59. The van der Waals surface area contributed by atoms with Gasteiger partial charge in [-0.1, -0.05) is 50.6 Å². The van der Waals surface area contributed by atoms with E-state index in [0.717, 1.165) is 11.8 Å². The van der Waals surface area contributed by atoms with E-state index in [1.54, 1.807) is 0 Å². The molecule has 0 aliphatic heterocycles. The highest BCUT2D eigenvalue weighted by Crippen LogP contribution is 2.18. The van der Waals surface area contributed by atoms with E-state index in [1.807, 2.05) is 11.8 Å². The molecule has 0 saturated carbocycles. The van der Waals surface area contributed by atoms with Crippen LogP contribution in [0.25, 0.3) is 0 Å². The van der Waals surface area contributed by atoms with Gasteiger partial charge in [0.2, 0.25) is 0 Å². The fourth-order valence-electron chi connectivity index (χ4n) is 1.94. The van der Waals surface area contributed by atoms with E-state index >= 15 is 0 Å². The maximum atomic E-state index is 3.69. The van der Waals surface area contributed by atoms with Crippen LogP contribution >= 0.6 is 11.8 Å². The van der Waals surface area contributed by atoms with Gasteiger partial charge in [-0.3, -0.25) is 0 Å². The summed E-state index contributed by atoms with van der Waals surface area (Å²) in [4.78, 5) is 0. The van der Waals surface area contributed by atoms with Gasteiger partial charge in [0.15, 0.2) is 0 Å². The number of nitrogens with one attached hydrogen (secondary N) is 1. The SMILES string of the molecule is CCCC(NCCC(C)SC)c1ccccc1. The van der Waals surface area contributed by atoms with Gasteiger partial charge >= 0.3 is 0 Å². The third-order valence-corrected chi connectivity index (χ3v) is 4.16. The van der Waals surface area contributed by atoms with E-state index in [0.29, 0.717) is 6.04 Å². The first-order chi connectivity index (χ1) is 8.27. The second-order valence-electron chi connectivity index (χ2n) is 4.54. The summed E-state index contributed by atoms with van der Waals surface area (Å²) >= 11 is 1.95. The Hall–Kier alpha value is -0.470. The molecule has 17 heavy (non-hydrogen) atoms. The standard InChI is InChI=1S/C15H25NS/c1-4-8-15(14-9-6-5-7-10-14)16-12-11-13(2)17-3/h5-7,9-10,13,15-16H,4,8,11-12H2,1-3H3. The van der Waals surface area contributed by atoms with Crippen LogP contribution in [0.4, 0.5) is 0 Å². The Bertz CT molecular complexity index is 286. The lowest BCUT2D eigenvalue weighted by molar-refractivity contribution is 0.487. The average molecular weight is 251 g/mol. The largest absolute Gasteiger partial charge is 0.310 e. The molecule has 0 saturated heterocycles. The average Bonchev–Trinajstić information content (AvgIpc) is 2.38. The summed E-state index contributed by atoms with van der Waals surface area (Å²) < 4.78 is 0. The van der Waals surface area contributed by atoms with Crippen molar-refractivity contribution in [1.29, 1.82) is 0 Å². The fraction of sp³-hybridized carbons (Fsp3) is 0.600. The molecular formula is C15H25NS. The Morgan fingerprint density at radius 1 is 1.18 bits per heavy atom. The third-order valence-electron chi connectivity index (χ3n) is 3.12. The number of hydrogen-bond acceptors (Lipinski definition) is 2. The lowest BCUT2D eigenvalue weighted by atomic mass is 10.0. The summed E-state index contributed by atoms with van der Waals surface area (Å²) in [5, 5.41) is 4.44. The second kappa shape index (κ2) is 8.60. The van der Waals surface area contributed by atoms with Crippen LogP contribution in [0.1, 0.15) is 44.7 Å². The van der Waals surface area contributed by atoms with E-state index in [-0.39, 0.29) is 0 Å². The maximum absolute atomic E-state index is 3.69. The summed E-state index contributed by atoms with van der Waals surface area (Å²) in [6.45, 7) is 5.66. The van der Waals surface area contributed by atoms with Crippen LogP contribution in [0.15, 0.2) is 30.3 Å². The van der Waals surface area contributed by atoms with E-state index in [1.165, 1.54) is 24.8 Å². The van der Waals surface area contributed by atoms with Crippen molar-refractivity contribution in [2.75, 3.05) is 12.8 Å². The minimum Gasteiger partial charge on any atom is -0.310 e. The van der Waals surface area contributed by atoms with Crippen LogP contribution in [0.5, 0.6) is 0 Å². The molecule has 2 heteroatoms. The van der Waals surface area contributed by atoms with Crippen molar-refractivity contribution < 1.29 is 0 Å². The molecule has 0 aliphatic carbocycles. The van der Waals surface area contributed by atoms with Gasteiger partial charge < -0.3 is 5.32 Å². The van der Waals surface area contributed by atoms with Crippen molar-refractivity contribution in [3.05, 3.63) is 35.9 Å². The molecular weight excluding hydrogens is 226 g/mol. The van der Waals surface area contributed by atoms with Crippen molar-refractivity contribution >= 4 is 11.8 Å². The molecule has 0 bridgehead atoms. The van der Waals surface area contributed by atoms with Crippen LogP contribution < -0.4 is 5.32 Å². The number of hydrogen-bond donors (Lipinski definition) is 1. The minimum absolute atomic E-state index is 0.523.